The number of aromatic nitrogens is 4. The fourth-order valence-corrected chi connectivity index (χ4v) is 3.60. The first-order valence-electron chi connectivity index (χ1n) is 7.99. The van der Waals surface area contributed by atoms with Gasteiger partial charge in [-0.05, 0) is 32.4 Å². The van der Waals surface area contributed by atoms with E-state index in [-0.39, 0.29) is 30.7 Å². The number of nitrogens with one attached hydrogen (secondary N) is 1. The third-order valence-electron chi connectivity index (χ3n) is 4.08. The van der Waals surface area contributed by atoms with Gasteiger partial charge in [0.25, 0.3) is 5.91 Å². The van der Waals surface area contributed by atoms with Crippen LogP contribution in [0.4, 0.5) is 0 Å². The van der Waals surface area contributed by atoms with Crippen LogP contribution < -0.4 is 5.32 Å². The van der Waals surface area contributed by atoms with Crippen molar-refractivity contribution in [1.29, 1.82) is 0 Å². The smallest absolute Gasteiger partial charge is 0.276 e. The number of thiazole rings is 1. The number of piperidine rings is 1. The maximum atomic E-state index is 12.5. The summed E-state index contributed by atoms with van der Waals surface area (Å²) < 4.78 is 1.83. The van der Waals surface area contributed by atoms with Crippen molar-refractivity contribution in [1.82, 2.24) is 30.2 Å². The van der Waals surface area contributed by atoms with E-state index in [2.05, 4.69) is 27.5 Å². The Labute approximate surface area is 164 Å². The van der Waals surface area contributed by atoms with Crippen molar-refractivity contribution >= 4 is 42.1 Å². The second-order valence-electron chi connectivity index (χ2n) is 5.80. The van der Waals surface area contributed by atoms with Gasteiger partial charge in [0.15, 0.2) is 5.69 Å². The second kappa shape index (κ2) is 10.1. The first kappa shape index (κ1) is 21.8. The van der Waals surface area contributed by atoms with Crippen LogP contribution in [0.15, 0.2) is 12.4 Å². The molecule has 1 amide bonds. The Morgan fingerprint density at radius 3 is 2.76 bits per heavy atom. The zero-order chi connectivity index (χ0) is 16.2. The van der Waals surface area contributed by atoms with Gasteiger partial charge in [0.1, 0.15) is 5.01 Å². The van der Waals surface area contributed by atoms with Gasteiger partial charge in [0.2, 0.25) is 0 Å². The molecule has 3 heterocycles. The highest BCUT2D eigenvalue weighted by Gasteiger charge is 2.21. The SMILES string of the molecule is CCc1cnc(CN(C)C(=O)c2cn(C3CCNCC3)nn2)s1.Cl.Cl. The lowest BCUT2D eigenvalue weighted by atomic mass is 10.1. The zero-order valence-electron chi connectivity index (χ0n) is 14.3. The number of carbonyl (C=O) groups excluding carboxylic acids is 1. The van der Waals surface area contributed by atoms with Crippen LogP contribution in [0.3, 0.4) is 0 Å². The Morgan fingerprint density at radius 2 is 2.12 bits per heavy atom. The fourth-order valence-electron chi connectivity index (χ4n) is 2.68. The third-order valence-corrected chi connectivity index (χ3v) is 5.21. The fraction of sp³-hybridized carbons (Fsp3) is 0.600. The maximum absolute atomic E-state index is 12.5. The van der Waals surface area contributed by atoms with Crippen molar-refractivity contribution in [3.8, 4) is 0 Å². The van der Waals surface area contributed by atoms with Crippen LogP contribution in [0.1, 0.15) is 46.2 Å². The molecule has 1 N–H and O–H groups in total. The monoisotopic (exact) mass is 406 g/mol. The number of aryl methyl sites for hydroxylation is 1. The van der Waals surface area contributed by atoms with Crippen molar-refractivity contribution in [3.05, 3.63) is 28.0 Å². The first-order valence-corrected chi connectivity index (χ1v) is 8.80. The average molecular weight is 407 g/mol. The van der Waals surface area contributed by atoms with E-state index in [0.29, 0.717) is 18.3 Å². The molecular formula is C15H24Cl2N6OS. The number of hydrogen-bond donors (Lipinski definition) is 1. The summed E-state index contributed by atoms with van der Waals surface area (Å²) in [5, 5.41) is 12.5. The molecule has 0 aromatic carbocycles. The Morgan fingerprint density at radius 1 is 1.40 bits per heavy atom. The van der Waals surface area contributed by atoms with Gasteiger partial charge in [-0.25, -0.2) is 9.67 Å². The normalized spacial score (nSPS) is 14.5. The molecule has 140 valence electrons. The molecule has 25 heavy (non-hydrogen) atoms. The molecule has 2 aromatic heterocycles. The lowest BCUT2D eigenvalue weighted by Crippen LogP contribution is -2.29. The van der Waals surface area contributed by atoms with Gasteiger partial charge in [-0.3, -0.25) is 4.79 Å². The summed E-state index contributed by atoms with van der Waals surface area (Å²) in [7, 11) is 1.78. The standard InChI is InChI=1S/C15H22N6OS.2ClH/c1-3-12-8-17-14(23-12)10-20(2)15(22)13-9-21(19-18-13)11-4-6-16-7-5-11;;/h8-9,11,16H,3-7,10H2,1-2H3;2*1H. The number of nitrogens with zero attached hydrogens (tertiary/aromatic N) is 5. The number of halogens is 2. The lowest BCUT2D eigenvalue weighted by Gasteiger charge is -2.22. The van der Waals surface area contributed by atoms with E-state index < -0.39 is 0 Å². The van der Waals surface area contributed by atoms with Gasteiger partial charge in [0.05, 0.1) is 18.8 Å². The molecule has 1 aliphatic heterocycles. The summed E-state index contributed by atoms with van der Waals surface area (Å²) >= 11 is 1.65. The van der Waals surface area contributed by atoms with E-state index >= 15 is 0 Å². The van der Waals surface area contributed by atoms with Gasteiger partial charge in [-0.15, -0.1) is 41.2 Å². The largest absolute Gasteiger partial charge is 0.333 e. The van der Waals surface area contributed by atoms with Gasteiger partial charge in [-0.2, -0.15) is 0 Å². The van der Waals surface area contributed by atoms with Gasteiger partial charge in [-0.1, -0.05) is 12.1 Å². The van der Waals surface area contributed by atoms with E-state index in [1.807, 2.05) is 10.9 Å². The second-order valence-corrected chi connectivity index (χ2v) is 7.00. The molecular weight excluding hydrogens is 383 g/mol. The van der Waals surface area contributed by atoms with Crippen molar-refractivity contribution in [2.24, 2.45) is 0 Å². The Hall–Kier alpha value is -1.22. The van der Waals surface area contributed by atoms with Crippen molar-refractivity contribution in [3.63, 3.8) is 0 Å². The highest BCUT2D eigenvalue weighted by molar-refractivity contribution is 7.11. The van der Waals surface area contributed by atoms with E-state index in [9.17, 15) is 4.79 Å². The van der Waals surface area contributed by atoms with Crippen molar-refractivity contribution in [2.75, 3.05) is 20.1 Å². The lowest BCUT2D eigenvalue weighted by molar-refractivity contribution is 0.0779. The van der Waals surface area contributed by atoms with Crippen LogP contribution in [0.25, 0.3) is 0 Å². The predicted octanol–water partition coefficient (Wildman–Crippen LogP) is 2.34. The number of hydrogen-bond acceptors (Lipinski definition) is 6. The minimum Gasteiger partial charge on any atom is -0.333 e. The molecule has 0 unspecified atom stereocenters. The predicted molar refractivity (Wildman–Crippen MR) is 103 cm³/mol. The van der Waals surface area contributed by atoms with Gasteiger partial charge < -0.3 is 10.2 Å². The highest BCUT2D eigenvalue weighted by Crippen LogP contribution is 2.18. The van der Waals surface area contributed by atoms with E-state index in [4.69, 9.17) is 0 Å². The zero-order valence-corrected chi connectivity index (χ0v) is 16.8. The molecule has 1 fully saturated rings. The third kappa shape index (κ3) is 5.37. The van der Waals surface area contributed by atoms with Crippen LogP contribution in [0.2, 0.25) is 0 Å². The Bertz CT molecular complexity index is 671. The van der Waals surface area contributed by atoms with E-state index in [1.165, 1.54) is 4.88 Å². The molecule has 0 radical (unpaired) electrons. The topological polar surface area (TPSA) is 75.9 Å². The van der Waals surface area contributed by atoms with Crippen LogP contribution in [-0.2, 0) is 13.0 Å². The minimum absolute atomic E-state index is 0. The highest BCUT2D eigenvalue weighted by atomic mass is 35.5. The van der Waals surface area contributed by atoms with Crippen LogP contribution in [0, 0.1) is 0 Å². The minimum atomic E-state index is -0.113. The summed E-state index contributed by atoms with van der Waals surface area (Å²) in [5.74, 6) is -0.113. The molecule has 1 aliphatic rings. The van der Waals surface area contributed by atoms with Crippen LogP contribution >= 0.6 is 36.2 Å². The molecule has 3 rings (SSSR count). The van der Waals surface area contributed by atoms with Crippen LogP contribution in [-0.4, -0.2) is 50.9 Å². The summed E-state index contributed by atoms with van der Waals surface area (Å²) in [4.78, 5) is 19.7. The summed E-state index contributed by atoms with van der Waals surface area (Å²) in [6.07, 6.45) is 6.66. The number of rotatable bonds is 5. The molecule has 7 nitrogen and oxygen atoms in total. The molecule has 10 heteroatoms. The quantitative estimate of drug-likeness (QED) is 0.824. The summed E-state index contributed by atoms with van der Waals surface area (Å²) in [5.41, 5.74) is 0.401. The Kier molecular flexibility index (Phi) is 8.78. The molecule has 1 saturated heterocycles. The Balaban J connectivity index is 0.00000156. The molecule has 0 saturated carbocycles. The molecule has 0 spiro atoms. The molecule has 0 aliphatic carbocycles. The van der Waals surface area contributed by atoms with E-state index in [1.54, 1.807) is 29.5 Å². The first-order chi connectivity index (χ1) is 11.2. The van der Waals surface area contributed by atoms with Crippen molar-refractivity contribution in [2.45, 2.75) is 38.8 Å². The van der Waals surface area contributed by atoms with Crippen LogP contribution in [0.5, 0.6) is 0 Å². The van der Waals surface area contributed by atoms with Gasteiger partial charge in [0, 0.05) is 18.1 Å². The average Bonchev–Trinajstić information content (AvgIpc) is 3.24. The number of amides is 1. The molecule has 0 atom stereocenters. The molecule has 2 aromatic rings. The van der Waals surface area contributed by atoms with E-state index in [0.717, 1.165) is 37.4 Å². The van der Waals surface area contributed by atoms with Crippen molar-refractivity contribution < 1.29 is 4.79 Å². The summed E-state index contributed by atoms with van der Waals surface area (Å²) in [6, 6.07) is 0.335. The molecule has 0 bridgehead atoms. The summed E-state index contributed by atoms with van der Waals surface area (Å²) in [6.45, 7) is 4.57. The maximum Gasteiger partial charge on any atom is 0.276 e. The van der Waals surface area contributed by atoms with Gasteiger partial charge >= 0.3 is 0 Å². The number of carbonyl (C=O) groups is 1.